The Bertz CT molecular complexity index is 1210. The van der Waals surface area contributed by atoms with Gasteiger partial charge in [-0.15, -0.1) is 6.42 Å². The molecule has 0 aromatic heterocycles. The SMILES string of the molecule is C#CC(=O)N[C@@](C(=O)OC)(c1cccc(Cl)c1)[C@@H](Nc1ccccc1O)c1ccc(Cl)cc1. The van der Waals surface area contributed by atoms with Crippen molar-refractivity contribution < 1.29 is 19.4 Å². The molecule has 1 amide bonds. The third-order valence-corrected chi connectivity index (χ3v) is 5.56. The monoisotopic (exact) mass is 482 g/mol. The molecule has 0 aliphatic rings. The molecule has 168 valence electrons. The van der Waals surface area contributed by atoms with Crippen molar-refractivity contribution in [3.05, 3.63) is 94.0 Å². The van der Waals surface area contributed by atoms with Gasteiger partial charge in [-0.1, -0.05) is 59.6 Å². The van der Waals surface area contributed by atoms with Crippen LogP contribution in [0.15, 0.2) is 72.8 Å². The lowest BCUT2D eigenvalue weighted by Gasteiger charge is -2.40. The Hall–Kier alpha value is -3.66. The number of hydrogen-bond donors (Lipinski definition) is 3. The number of methoxy groups -OCH3 is 1. The summed E-state index contributed by atoms with van der Waals surface area (Å²) in [5.74, 6) is 0.262. The minimum absolute atomic E-state index is 0.0652. The van der Waals surface area contributed by atoms with E-state index in [0.29, 0.717) is 26.9 Å². The van der Waals surface area contributed by atoms with Gasteiger partial charge in [-0.3, -0.25) is 4.79 Å². The van der Waals surface area contributed by atoms with Crippen LogP contribution in [-0.4, -0.2) is 24.1 Å². The van der Waals surface area contributed by atoms with Gasteiger partial charge in [0.05, 0.1) is 18.8 Å². The van der Waals surface area contributed by atoms with Crippen LogP contribution in [0, 0.1) is 12.3 Å². The summed E-state index contributed by atoms with van der Waals surface area (Å²) in [6.07, 6.45) is 5.35. The summed E-state index contributed by atoms with van der Waals surface area (Å²) in [5, 5.41) is 17.0. The molecule has 0 aliphatic carbocycles. The zero-order valence-electron chi connectivity index (χ0n) is 17.5. The molecule has 0 aliphatic heterocycles. The van der Waals surface area contributed by atoms with Crippen molar-refractivity contribution in [2.45, 2.75) is 11.6 Å². The minimum atomic E-state index is -1.88. The number of carbonyl (C=O) groups is 2. The molecular weight excluding hydrogens is 463 g/mol. The summed E-state index contributed by atoms with van der Waals surface area (Å²) in [6.45, 7) is 0. The van der Waals surface area contributed by atoms with Gasteiger partial charge in [0.25, 0.3) is 5.91 Å². The fraction of sp³-hybridized carbons (Fsp3) is 0.120. The number of ether oxygens (including phenoxy) is 1. The number of esters is 1. The molecule has 8 heteroatoms. The minimum Gasteiger partial charge on any atom is -0.506 e. The van der Waals surface area contributed by atoms with E-state index in [0.717, 1.165) is 0 Å². The molecule has 0 unspecified atom stereocenters. The number of rotatable bonds is 7. The van der Waals surface area contributed by atoms with E-state index < -0.39 is 23.5 Å². The van der Waals surface area contributed by atoms with E-state index in [1.807, 2.05) is 5.92 Å². The Morgan fingerprint density at radius 1 is 1.03 bits per heavy atom. The number of para-hydroxylation sites is 2. The van der Waals surface area contributed by atoms with Gasteiger partial charge >= 0.3 is 5.97 Å². The summed E-state index contributed by atoms with van der Waals surface area (Å²) in [4.78, 5) is 26.0. The van der Waals surface area contributed by atoms with Crippen LogP contribution in [-0.2, 0) is 19.9 Å². The normalized spacial score (nSPS) is 13.2. The smallest absolute Gasteiger partial charge is 0.338 e. The summed E-state index contributed by atoms with van der Waals surface area (Å²) < 4.78 is 5.16. The highest BCUT2D eigenvalue weighted by Gasteiger charge is 2.51. The summed E-state index contributed by atoms with van der Waals surface area (Å²) in [7, 11) is 1.20. The molecule has 0 saturated carbocycles. The van der Waals surface area contributed by atoms with E-state index >= 15 is 0 Å². The fourth-order valence-corrected chi connectivity index (χ4v) is 3.87. The van der Waals surface area contributed by atoms with Gasteiger partial charge in [0.2, 0.25) is 0 Å². The second kappa shape index (κ2) is 10.3. The van der Waals surface area contributed by atoms with Crippen molar-refractivity contribution in [3.63, 3.8) is 0 Å². The van der Waals surface area contributed by atoms with Crippen molar-refractivity contribution in [1.29, 1.82) is 0 Å². The summed E-state index contributed by atoms with van der Waals surface area (Å²) in [5.41, 5.74) is -0.708. The van der Waals surface area contributed by atoms with E-state index in [2.05, 4.69) is 10.6 Å². The average molecular weight is 483 g/mol. The number of hydrogen-bond acceptors (Lipinski definition) is 5. The Morgan fingerprint density at radius 3 is 2.33 bits per heavy atom. The highest BCUT2D eigenvalue weighted by Crippen LogP contribution is 2.41. The van der Waals surface area contributed by atoms with Gasteiger partial charge < -0.3 is 20.5 Å². The average Bonchev–Trinajstić information content (AvgIpc) is 2.82. The van der Waals surface area contributed by atoms with E-state index in [4.69, 9.17) is 34.4 Å². The van der Waals surface area contributed by atoms with E-state index in [-0.39, 0.29) is 5.75 Å². The lowest BCUT2D eigenvalue weighted by Crippen LogP contribution is -2.58. The molecule has 0 fully saturated rings. The Labute approximate surface area is 201 Å². The molecular formula is C25H20Cl2N2O4. The first-order chi connectivity index (χ1) is 15.8. The third kappa shape index (κ3) is 5.06. The topological polar surface area (TPSA) is 87.7 Å². The van der Waals surface area contributed by atoms with E-state index in [9.17, 15) is 14.7 Å². The largest absolute Gasteiger partial charge is 0.506 e. The van der Waals surface area contributed by atoms with Crippen molar-refractivity contribution in [2.75, 3.05) is 12.4 Å². The zero-order chi connectivity index (χ0) is 24.0. The molecule has 0 heterocycles. The van der Waals surface area contributed by atoms with E-state index in [1.54, 1.807) is 60.7 Å². The zero-order valence-corrected chi connectivity index (χ0v) is 19.0. The van der Waals surface area contributed by atoms with Crippen LogP contribution in [0.1, 0.15) is 17.2 Å². The maximum absolute atomic E-state index is 13.5. The number of anilines is 1. The summed E-state index contributed by atoms with van der Waals surface area (Å²) in [6, 6.07) is 18.5. The first kappa shape index (κ1) is 24.0. The molecule has 3 rings (SSSR count). The lowest BCUT2D eigenvalue weighted by molar-refractivity contribution is -0.152. The summed E-state index contributed by atoms with van der Waals surface area (Å²) >= 11 is 12.3. The van der Waals surface area contributed by atoms with Crippen LogP contribution in [0.3, 0.4) is 0 Å². The molecule has 3 N–H and O–H groups in total. The molecule has 2 atom stereocenters. The molecule has 0 radical (unpaired) electrons. The van der Waals surface area contributed by atoms with Gasteiger partial charge in [-0.2, -0.15) is 0 Å². The van der Waals surface area contributed by atoms with Gasteiger partial charge in [0, 0.05) is 10.0 Å². The maximum atomic E-state index is 13.5. The second-order valence-electron chi connectivity index (χ2n) is 7.05. The van der Waals surface area contributed by atoms with Crippen molar-refractivity contribution in [1.82, 2.24) is 5.32 Å². The third-order valence-electron chi connectivity index (χ3n) is 5.07. The first-order valence-electron chi connectivity index (χ1n) is 9.75. The number of carbonyl (C=O) groups excluding carboxylic acids is 2. The van der Waals surface area contributed by atoms with Gasteiger partial charge in [-0.05, 0) is 53.4 Å². The van der Waals surface area contributed by atoms with Gasteiger partial charge in [0.1, 0.15) is 5.75 Å². The molecule has 33 heavy (non-hydrogen) atoms. The standard InChI is InChI=1S/C25H20Cl2N2O4/c1-3-22(31)29-25(24(32)33-2,17-7-6-8-19(27)15-17)23(16-11-13-18(26)14-12-16)28-20-9-4-5-10-21(20)30/h1,4-15,23,28,30H,2H3,(H,29,31)/t23-,25-/m0/s1. The number of aromatic hydroxyl groups is 1. The van der Waals surface area contributed by atoms with Crippen molar-refractivity contribution in [2.24, 2.45) is 0 Å². The van der Waals surface area contributed by atoms with Crippen molar-refractivity contribution >= 4 is 40.8 Å². The fourth-order valence-electron chi connectivity index (χ4n) is 3.56. The highest BCUT2D eigenvalue weighted by molar-refractivity contribution is 6.31. The van der Waals surface area contributed by atoms with Crippen LogP contribution >= 0.6 is 23.2 Å². The first-order valence-corrected chi connectivity index (χ1v) is 10.5. The number of phenolic OH excluding ortho intramolecular Hbond substituents is 1. The van der Waals surface area contributed by atoms with Gasteiger partial charge in [0.15, 0.2) is 5.54 Å². The number of terminal acetylenes is 1. The maximum Gasteiger partial charge on any atom is 0.338 e. The Morgan fingerprint density at radius 2 is 1.73 bits per heavy atom. The lowest BCUT2D eigenvalue weighted by atomic mass is 9.78. The van der Waals surface area contributed by atoms with Crippen LogP contribution < -0.4 is 10.6 Å². The molecule has 6 nitrogen and oxygen atoms in total. The van der Waals surface area contributed by atoms with Crippen LogP contribution in [0.25, 0.3) is 0 Å². The van der Waals surface area contributed by atoms with Gasteiger partial charge in [-0.25, -0.2) is 4.79 Å². The second-order valence-corrected chi connectivity index (χ2v) is 7.93. The highest BCUT2D eigenvalue weighted by atomic mass is 35.5. The predicted octanol–water partition coefficient (Wildman–Crippen LogP) is 4.67. The molecule has 3 aromatic carbocycles. The molecule has 0 bridgehead atoms. The molecule has 0 saturated heterocycles. The number of halogens is 2. The number of amides is 1. The molecule has 3 aromatic rings. The van der Waals surface area contributed by atoms with Crippen LogP contribution in [0.2, 0.25) is 10.0 Å². The predicted molar refractivity (Wildman–Crippen MR) is 128 cm³/mol. The number of phenols is 1. The molecule has 0 spiro atoms. The van der Waals surface area contributed by atoms with Crippen LogP contribution in [0.4, 0.5) is 5.69 Å². The quantitative estimate of drug-likeness (QED) is 0.258. The number of nitrogens with one attached hydrogen (secondary N) is 2. The van der Waals surface area contributed by atoms with Crippen LogP contribution in [0.5, 0.6) is 5.75 Å². The Balaban J connectivity index is 2.35. The Kier molecular flexibility index (Phi) is 7.49. The number of benzene rings is 3. The van der Waals surface area contributed by atoms with Crippen molar-refractivity contribution in [3.8, 4) is 18.1 Å². The van der Waals surface area contributed by atoms with E-state index in [1.165, 1.54) is 19.2 Å².